The zero-order chi connectivity index (χ0) is 11.6. The number of carbonyl (C=O) groups excluding carboxylic acids is 1. The van der Waals surface area contributed by atoms with Crippen LogP contribution in [-0.4, -0.2) is 22.1 Å². The summed E-state index contributed by atoms with van der Waals surface area (Å²) in [7, 11) is 0. The average Bonchev–Trinajstić information content (AvgIpc) is 2.09. The molecule has 6 heteroatoms. The van der Waals surface area contributed by atoms with Crippen LogP contribution in [0.1, 0.15) is 17.3 Å². The van der Waals surface area contributed by atoms with Gasteiger partial charge in [0.2, 0.25) is 5.91 Å². The van der Waals surface area contributed by atoms with E-state index in [1.54, 1.807) is 0 Å². The lowest BCUT2D eigenvalue weighted by atomic mass is 10.1. The Kier molecular flexibility index (Phi) is 2.89. The first-order valence-corrected chi connectivity index (χ1v) is 3.95. The van der Waals surface area contributed by atoms with Gasteiger partial charge in [-0.2, -0.15) is 0 Å². The van der Waals surface area contributed by atoms with Crippen molar-refractivity contribution < 1.29 is 24.2 Å². The lowest BCUT2D eigenvalue weighted by Crippen LogP contribution is -2.11. The molecule has 1 aromatic carbocycles. The van der Waals surface area contributed by atoms with E-state index in [9.17, 15) is 14.0 Å². The van der Waals surface area contributed by atoms with E-state index in [1.165, 1.54) is 0 Å². The van der Waals surface area contributed by atoms with Crippen LogP contribution in [0, 0.1) is 5.82 Å². The second kappa shape index (κ2) is 3.95. The molecule has 0 aliphatic heterocycles. The van der Waals surface area contributed by atoms with E-state index >= 15 is 0 Å². The van der Waals surface area contributed by atoms with Gasteiger partial charge in [0.1, 0.15) is 0 Å². The molecule has 0 radical (unpaired) electrons. The number of aromatic carboxylic acids is 1. The predicted molar refractivity (Wildman–Crippen MR) is 49.3 cm³/mol. The van der Waals surface area contributed by atoms with E-state index in [-0.39, 0.29) is 11.3 Å². The van der Waals surface area contributed by atoms with Crippen LogP contribution >= 0.6 is 0 Å². The largest absolute Gasteiger partial charge is 0.505 e. The SMILES string of the molecule is CC(=O)Nc1cc(F)c(O)cc1C(=O)O. The van der Waals surface area contributed by atoms with Gasteiger partial charge in [0.25, 0.3) is 0 Å². The van der Waals surface area contributed by atoms with E-state index in [0.717, 1.165) is 19.1 Å². The third kappa shape index (κ3) is 2.43. The predicted octanol–water partition coefficient (Wildman–Crippen LogP) is 1.19. The van der Waals surface area contributed by atoms with Gasteiger partial charge >= 0.3 is 5.97 Å². The maximum absolute atomic E-state index is 12.9. The lowest BCUT2D eigenvalue weighted by molar-refractivity contribution is -0.114. The Morgan fingerprint density at radius 1 is 1.40 bits per heavy atom. The van der Waals surface area contributed by atoms with Crippen LogP contribution in [0.3, 0.4) is 0 Å². The molecule has 80 valence electrons. The minimum atomic E-state index is -1.37. The summed E-state index contributed by atoms with van der Waals surface area (Å²) in [6, 6.07) is 1.49. The van der Waals surface area contributed by atoms with Crippen molar-refractivity contribution in [3.63, 3.8) is 0 Å². The van der Waals surface area contributed by atoms with Gasteiger partial charge in [0.05, 0.1) is 11.3 Å². The van der Waals surface area contributed by atoms with E-state index in [2.05, 4.69) is 5.32 Å². The number of rotatable bonds is 2. The van der Waals surface area contributed by atoms with Crippen LogP contribution in [0.25, 0.3) is 0 Å². The number of anilines is 1. The number of aromatic hydroxyl groups is 1. The number of carboxylic acids is 1. The van der Waals surface area contributed by atoms with Gasteiger partial charge in [-0.3, -0.25) is 4.79 Å². The number of hydrogen-bond acceptors (Lipinski definition) is 3. The molecule has 0 unspecified atom stereocenters. The van der Waals surface area contributed by atoms with Crippen molar-refractivity contribution in [1.82, 2.24) is 0 Å². The van der Waals surface area contributed by atoms with Gasteiger partial charge in [-0.25, -0.2) is 9.18 Å². The summed E-state index contributed by atoms with van der Waals surface area (Å²) in [5, 5.41) is 19.8. The summed E-state index contributed by atoms with van der Waals surface area (Å²) in [4.78, 5) is 21.4. The van der Waals surface area contributed by atoms with E-state index < -0.39 is 23.4 Å². The maximum Gasteiger partial charge on any atom is 0.337 e. The molecular formula is C9H8FNO4. The van der Waals surface area contributed by atoms with Crippen molar-refractivity contribution in [2.45, 2.75) is 6.92 Å². The highest BCUT2D eigenvalue weighted by atomic mass is 19.1. The number of halogens is 1. The summed E-state index contributed by atoms with van der Waals surface area (Å²) in [6.45, 7) is 1.16. The van der Waals surface area contributed by atoms with Crippen LogP contribution in [0.2, 0.25) is 0 Å². The first-order chi connectivity index (χ1) is 6.91. The summed E-state index contributed by atoms with van der Waals surface area (Å²) < 4.78 is 12.9. The Morgan fingerprint density at radius 2 is 2.00 bits per heavy atom. The molecule has 0 atom stereocenters. The molecule has 0 fully saturated rings. The first kappa shape index (κ1) is 11.0. The smallest absolute Gasteiger partial charge is 0.337 e. The number of hydrogen-bond donors (Lipinski definition) is 3. The van der Waals surface area contributed by atoms with Gasteiger partial charge in [-0.1, -0.05) is 0 Å². The summed E-state index contributed by atoms with van der Waals surface area (Å²) >= 11 is 0. The minimum absolute atomic E-state index is 0.190. The Labute approximate surface area is 84.2 Å². The van der Waals surface area contributed by atoms with Gasteiger partial charge in [-0.15, -0.1) is 0 Å². The minimum Gasteiger partial charge on any atom is -0.505 e. The summed E-state index contributed by atoms with van der Waals surface area (Å²) in [5.41, 5.74) is -0.561. The number of amides is 1. The highest BCUT2D eigenvalue weighted by Crippen LogP contribution is 2.25. The number of benzene rings is 1. The van der Waals surface area contributed by atoms with Gasteiger partial charge in [-0.05, 0) is 6.07 Å². The lowest BCUT2D eigenvalue weighted by Gasteiger charge is -2.07. The summed E-state index contributed by atoms with van der Waals surface area (Å²) in [5.74, 6) is -3.66. The molecule has 0 saturated carbocycles. The monoisotopic (exact) mass is 213 g/mol. The van der Waals surface area contributed by atoms with Crippen molar-refractivity contribution in [3.05, 3.63) is 23.5 Å². The van der Waals surface area contributed by atoms with Gasteiger partial charge < -0.3 is 15.5 Å². The highest BCUT2D eigenvalue weighted by Gasteiger charge is 2.15. The molecule has 5 nitrogen and oxygen atoms in total. The van der Waals surface area contributed by atoms with Crippen molar-refractivity contribution in [1.29, 1.82) is 0 Å². The van der Waals surface area contributed by atoms with Crippen molar-refractivity contribution in [3.8, 4) is 5.75 Å². The highest BCUT2D eigenvalue weighted by molar-refractivity contribution is 6.00. The van der Waals surface area contributed by atoms with E-state index in [1.807, 2.05) is 0 Å². The fourth-order valence-electron chi connectivity index (χ4n) is 1.03. The normalized spacial score (nSPS) is 9.73. The Morgan fingerprint density at radius 3 is 2.47 bits per heavy atom. The Hall–Kier alpha value is -2.11. The zero-order valence-electron chi connectivity index (χ0n) is 7.74. The number of phenols is 1. The number of carboxylic acid groups (broad SMARTS) is 1. The fourth-order valence-corrected chi connectivity index (χ4v) is 1.03. The zero-order valence-corrected chi connectivity index (χ0v) is 7.74. The van der Waals surface area contributed by atoms with Crippen LogP contribution in [0.5, 0.6) is 5.75 Å². The summed E-state index contributed by atoms with van der Waals surface area (Å²) in [6.07, 6.45) is 0. The van der Waals surface area contributed by atoms with Crippen LogP contribution < -0.4 is 5.32 Å². The number of nitrogens with one attached hydrogen (secondary N) is 1. The number of carbonyl (C=O) groups is 2. The van der Waals surface area contributed by atoms with Crippen LogP contribution in [0.15, 0.2) is 12.1 Å². The second-order valence-electron chi connectivity index (χ2n) is 2.84. The molecular weight excluding hydrogens is 205 g/mol. The third-order valence-corrected chi connectivity index (χ3v) is 1.63. The van der Waals surface area contributed by atoms with Crippen molar-refractivity contribution in [2.75, 3.05) is 5.32 Å². The topological polar surface area (TPSA) is 86.6 Å². The van der Waals surface area contributed by atoms with Crippen molar-refractivity contribution in [2.24, 2.45) is 0 Å². The Bertz CT molecular complexity index is 430. The molecule has 0 heterocycles. The van der Waals surface area contributed by atoms with Gasteiger partial charge in [0.15, 0.2) is 11.6 Å². The standard InChI is InChI=1S/C9H8FNO4/c1-4(12)11-7-3-6(10)8(13)2-5(7)9(14)15/h2-3,13H,1H3,(H,11,12)(H,14,15). The molecule has 3 N–H and O–H groups in total. The number of phenolic OH excluding ortho intramolecular Hbond substituents is 1. The van der Waals surface area contributed by atoms with Gasteiger partial charge in [0, 0.05) is 13.0 Å². The average molecular weight is 213 g/mol. The van der Waals surface area contributed by atoms with Crippen molar-refractivity contribution >= 4 is 17.6 Å². The van der Waals surface area contributed by atoms with Crippen LogP contribution in [0.4, 0.5) is 10.1 Å². The maximum atomic E-state index is 12.9. The molecule has 0 aliphatic carbocycles. The van der Waals surface area contributed by atoms with Crippen LogP contribution in [-0.2, 0) is 4.79 Å². The molecule has 15 heavy (non-hydrogen) atoms. The van der Waals surface area contributed by atoms with E-state index in [4.69, 9.17) is 10.2 Å². The fraction of sp³-hybridized carbons (Fsp3) is 0.111. The van der Waals surface area contributed by atoms with E-state index in [0.29, 0.717) is 0 Å². The second-order valence-corrected chi connectivity index (χ2v) is 2.84. The molecule has 0 spiro atoms. The molecule has 1 aromatic rings. The molecule has 0 aliphatic rings. The first-order valence-electron chi connectivity index (χ1n) is 3.95. The quantitative estimate of drug-likeness (QED) is 0.644. The molecule has 1 rings (SSSR count). The molecule has 0 saturated heterocycles. The third-order valence-electron chi connectivity index (χ3n) is 1.63. The molecule has 1 amide bonds. The molecule has 0 bridgehead atoms. The Balaban J connectivity index is 3.28. The molecule has 0 aromatic heterocycles.